The molecule has 19 heavy (non-hydrogen) atoms. The van der Waals surface area contributed by atoms with Crippen molar-refractivity contribution in [2.45, 2.75) is 38.0 Å². The molecule has 0 aromatic heterocycles. The number of halogens is 1. The number of anilines is 1. The molecule has 0 spiro atoms. The van der Waals surface area contributed by atoms with Crippen molar-refractivity contribution in [2.24, 2.45) is 0 Å². The number of sulfonamides is 1. The Morgan fingerprint density at radius 1 is 1.42 bits per heavy atom. The zero-order valence-electron chi connectivity index (χ0n) is 11.1. The monoisotopic (exact) mass is 286 g/mol. The Kier molecular flexibility index (Phi) is 4.10. The first-order chi connectivity index (χ1) is 8.88. The first-order valence-electron chi connectivity index (χ1n) is 6.39. The molecule has 2 rings (SSSR count). The van der Waals surface area contributed by atoms with E-state index in [9.17, 15) is 12.8 Å². The van der Waals surface area contributed by atoms with E-state index in [4.69, 9.17) is 0 Å². The molecule has 0 heterocycles. The van der Waals surface area contributed by atoms with Crippen LogP contribution < -0.4 is 10.0 Å². The summed E-state index contributed by atoms with van der Waals surface area (Å²) in [4.78, 5) is 0. The van der Waals surface area contributed by atoms with E-state index in [1.807, 2.05) is 0 Å². The lowest BCUT2D eigenvalue weighted by molar-refractivity contribution is 0.574. The summed E-state index contributed by atoms with van der Waals surface area (Å²) < 4.78 is 40.0. The summed E-state index contributed by atoms with van der Waals surface area (Å²) in [7, 11) is -3.57. The molecule has 4 nitrogen and oxygen atoms in total. The number of benzene rings is 1. The number of nitrogens with one attached hydrogen (secondary N) is 2. The topological polar surface area (TPSA) is 58.2 Å². The molecule has 0 saturated heterocycles. The highest BCUT2D eigenvalue weighted by Gasteiger charge is 2.26. The Labute approximate surface area is 113 Å². The fraction of sp³-hybridized carbons (Fsp3) is 0.538. The maximum Gasteiger partial charge on any atom is 0.236 e. The first kappa shape index (κ1) is 14.3. The van der Waals surface area contributed by atoms with Crippen molar-refractivity contribution >= 4 is 15.7 Å². The molecule has 0 bridgehead atoms. The van der Waals surface area contributed by atoms with Crippen LogP contribution in [0.4, 0.5) is 10.1 Å². The fourth-order valence-corrected chi connectivity index (χ4v) is 2.68. The third-order valence-electron chi connectivity index (χ3n) is 3.18. The summed E-state index contributed by atoms with van der Waals surface area (Å²) in [5, 5.41) is 2.56. The smallest absolute Gasteiger partial charge is 0.236 e. The molecule has 1 atom stereocenters. The van der Waals surface area contributed by atoms with Crippen LogP contribution in [0.15, 0.2) is 18.2 Å². The van der Waals surface area contributed by atoms with Gasteiger partial charge in [0.25, 0.3) is 0 Å². The molecule has 6 heteroatoms. The second kappa shape index (κ2) is 5.46. The van der Waals surface area contributed by atoms with Gasteiger partial charge in [-0.3, -0.25) is 4.72 Å². The van der Waals surface area contributed by atoms with Gasteiger partial charge in [-0.15, -0.1) is 0 Å². The predicted molar refractivity (Wildman–Crippen MR) is 74.2 cm³/mol. The van der Waals surface area contributed by atoms with E-state index in [0.717, 1.165) is 18.4 Å². The molecule has 1 aromatic carbocycles. The van der Waals surface area contributed by atoms with Gasteiger partial charge in [-0.25, -0.2) is 12.8 Å². The van der Waals surface area contributed by atoms with Crippen molar-refractivity contribution < 1.29 is 12.8 Å². The van der Waals surface area contributed by atoms with Gasteiger partial charge in [0, 0.05) is 12.6 Å². The van der Waals surface area contributed by atoms with Crippen LogP contribution in [0.5, 0.6) is 0 Å². The number of hydrogen-bond acceptors (Lipinski definition) is 3. The molecule has 0 aliphatic heterocycles. The largest absolute Gasteiger partial charge is 0.313 e. The second-order valence-electron chi connectivity index (χ2n) is 5.12. The number of rotatable bonds is 6. The lowest BCUT2D eigenvalue weighted by Crippen LogP contribution is -2.35. The van der Waals surface area contributed by atoms with Gasteiger partial charge >= 0.3 is 0 Å². The summed E-state index contributed by atoms with van der Waals surface area (Å²) in [6, 6.07) is 4.81. The third-order valence-corrected chi connectivity index (χ3v) is 4.91. The van der Waals surface area contributed by atoms with E-state index in [0.29, 0.717) is 12.6 Å². The average molecular weight is 286 g/mol. The van der Waals surface area contributed by atoms with Crippen molar-refractivity contribution in [1.29, 1.82) is 0 Å². The van der Waals surface area contributed by atoms with Crippen LogP contribution in [-0.2, 0) is 10.0 Å². The molecule has 1 aliphatic carbocycles. The van der Waals surface area contributed by atoms with Crippen molar-refractivity contribution in [2.75, 3.05) is 11.3 Å². The molecular weight excluding hydrogens is 267 g/mol. The van der Waals surface area contributed by atoms with E-state index in [1.165, 1.54) is 12.1 Å². The zero-order chi connectivity index (χ0) is 14.0. The van der Waals surface area contributed by atoms with Gasteiger partial charge < -0.3 is 5.32 Å². The maximum atomic E-state index is 13.5. The van der Waals surface area contributed by atoms with E-state index in [1.54, 1.807) is 19.9 Å². The maximum absolute atomic E-state index is 13.5. The molecule has 1 aliphatic rings. The van der Waals surface area contributed by atoms with Crippen LogP contribution in [0.1, 0.15) is 25.3 Å². The van der Waals surface area contributed by atoms with Gasteiger partial charge in [0.1, 0.15) is 5.82 Å². The quantitative estimate of drug-likeness (QED) is 0.841. The van der Waals surface area contributed by atoms with Crippen LogP contribution in [0.2, 0.25) is 0 Å². The van der Waals surface area contributed by atoms with E-state index < -0.39 is 21.1 Å². The molecular formula is C13H19FN2O2S. The fourth-order valence-electron chi connectivity index (χ4n) is 1.70. The number of aryl methyl sites for hydroxylation is 1. The Morgan fingerprint density at radius 3 is 2.74 bits per heavy atom. The molecule has 2 N–H and O–H groups in total. The normalized spacial score (nSPS) is 17.2. The summed E-state index contributed by atoms with van der Waals surface area (Å²) in [6.07, 6.45) is 2.21. The van der Waals surface area contributed by atoms with Crippen LogP contribution in [-0.4, -0.2) is 26.3 Å². The van der Waals surface area contributed by atoms with Crippen LogP contribution in [0.25, 0.3) is 0 Å². The van der Waals surface area contributed by atoms with Gasteiger partial charge in [0.2, 0.25) is 10.0 Å². The van der Waals surface area contributed by atoms with Crippen molar-refractivity contribution in [3.8, 4) is 0 Å². The van der Waals surface area contributed by atoms with Crippen LogP contribution in [0.3, 0.4) is 0 Å². The Bertz CT molecular complexity index is 556. The first-order valence-corrected chi connectivity index (χ1v) is 7.94. The summed E-state index contributed by atoms with van der Waals surface area (Å²) in [5.74, 6) is -0.559. The second-order valence-corrected chi connectivity index (χ2v) is 7.22. The van der Waals surface area contributed by atoms with Gasteiger partial charge in [0.05, 0.1) is 10.9 Å². The molecule has 1 aromatic rings. The molecule has 0 amide bonds. The lowest BCUT2D eigenvalue weighted by atomic mass is 10.2. The highest BCUT2D eigenvalue weighted by molar-refractivity contribution is 7.93. The van der Waals surface area contributed by atoms with Crippen LogP contribution >= 0.6 is 0 Å². The van der Waals surface area contributed by atoms with Crippen molar-refractivity contribution in [1.82, 2.24) is 5.32 Å². The average Bonchev–Trinajstić information content (AvgIpc) is 3.14. The minimum Gasteiger partial charge on any atom is -0.313 e. The SMILES string of the molecule is Cc1ccc(F)c(NS(=O)(=O)C(C)CNC2CC2)c1. The molecule has 0 radical (unpaired) electrons. The highest BCUT2D eigenvalue weighted by Crippen LogP contribution is 2.20. The van der Waals surface area contributed by atoms with Gasteiger partial charge in [-0.1, -0.05) is 6.07 Å². The lowest BCUT2D eigenvalue weighted by Gasteiger charge is -2.16. The van der Waals surface area contributed by atoms with Crippen molar-refractivity contribution in [3.63, 3.8) is 0 Å². The summed E-state index contributed by atoms with van der Waals surface area (Å²) >= 11 is 0. The minimum absolute atomic E-state index is 0.0123. The Hall–Kier alpha value is -1.14. The highest BCUT2D eigenvalue weighted by atomic mass is 32.2. The predicted octanol–water partition coefficient (Wildman–Crippen LogP) is 2.02. The van der Waals surface area contributed by atoms with Gasteiger partial charge in [-0.05, 0) is 44.4 Å². The molecule has 106 valence electrons. The molecule has 1 unspecified atom stereocenters. The Morgan fingerprint density at radius 2 is 2.11 bits per heavy atom. The van der Waals surface area contributed by atoms with E-state index in [-0.39, 0.29) is 5.69 Å². The zero-order valence-corrected chi connectivity index (χ0v) is 11.9. The van der Waals surface area contributed by atoms with Gasteiger partial charge in [-0.2, -0.15) is 0 Å². The molecule has 1 saturated carbocycles. The third kappa shape index (κ3) is 3.91. The van der Waals surface area contributed by atoms with E-state index in [2.05, 4.69) is 10.0 Å². The molecule has 1 fully saturated rings. The Balaban J connectivity index is 2.04. The van der Waals surface area contributed by atoms with Gasteiger partial charge in [0.15, 0.2) is 0 Å². The minimum atomic E-state index is -3.57. The summed E-state index contributed by atoms with van der Waals surface area (Å²) in [6.45, 7) is 3.79. The number of hydrogen-bond donors (Lipinski definition) is 2. The summed E-state index contributed by atoms with van der Waals surface area (Å²) in [5.41, 5.74) is 0.820. The standard InChI is InChI=1S/C13H19FN2O2S/c1-9-3-6-12(14)13(7-9)16-19(17,18)10(2)8-15-11-4-5-11/h3,6-7,10-11,15-16H,4-5,8H2,1-2H3. The van der Waals surface area contributed by atoms with Crippen LogP contribution in [0, 0.1) is 12.7 Å². The van der Waals surface area contributed by atoms with Crippen molar-refractivity contribution in [3.05, 3.63) is 29.6 Å². The van der Waals surface area contributed by atoms with E-state index >= 15 is 0 Å².